The molecule has 0 radical (unpaired) electrons. The van der Waals surface area contributed by atoms with Crippen LogP contribution in [0.3, 0.4) is 0 Å². The SMILES string of the molecule is CCc1ccccc1NC(=O)CN1CCN(Cc2c(Cl)cccc2Cl)CC1. The monoisotopic (exact) mass is 405 g/mol. The number of hydrogen-bond donors (Lipinski definition) is 1. The Morgan fingerprint density at radius 1 is 0.963 bits per heavy atom. The fraction of sp³-hybridized carbons (Fsp3) is 0.381. The summed E-state index contributed by atoms with van der Waals surface area (Å²) in [4.78, 5) is 16.9. The van der Waals surface area contributed by atoms with E-state index in [1.807, 2.05) is 42.5 Å². The standard InChI is InChI=1S/C21H25Cl2N3O/c1-2-16-6-3-4-9-20(16)24-21(27)15-26-12-10-25(11-13-26)14-17-18(22)7-5-8-19(17)23/h3-9H,2,10-15H2,1H3,(H,24,27). The minimum atomic E-state index is 0.0403. The highest BCUT2D eigenvalue weighted by Gasteiger charge is 2.20. The molecule has 1 aliphatic heterocycles. The van der Waals surface area contributed by atoms with Crippen LogP contribution in [-0.2, 0) is 17.8 Å². The summed E-state index contributed by atoms with van der Waals surface area (Å²) >= 11 is 12.5. The van der Waals surface area contributed by atoms with Gasteiger partial charge in [-0.2, -0.15) is 0 Å². The first kappa shape index (κ1) is 20.2. The van der Waals surface area contributed by atoms with Crippen molar-refractivity contribution < 1.29 is 4.79 Å². The molecule has 2 aromatic carbocycles. The van der Waals surface area contributed by atoms with Crippen LogP contribution in [0.25, 0.3) is 0 Å². The molecule has 27 heavy (non-hydrogen) atoms. The molecule has 144 valence electrons. The van der Waals surface area contributed by atoms with Gasteiger partial charge in [0.15, 0.2) is 0 Å². The summed E-state index contributed by atoms with van der Waals surface area (Å²) in [6.07, 6.45) is 0.903. The maximum absolute atomic E-state index is 12.4. The Bertz CT molecular complexity index is 768. The van der Waals surface area contributed by atoms with Crippen molar-refractivity contribution in [3.05, 3.63) is 63.6 Å². The van der Waals surface area contributed by atoms with Gasteiger partial charge >= 0.3 is 0 Å². The van der Waals surface area contributed by atoms with E-state index in [4.69, 9.17) is 23.2 Å². The molecule has 0 aromatic heterocycles. The van der Waals surface area contributed by atoms with Crippen LogP contribution in [0.1, 0.15) is 18.1 Å². The number of nitrogens with one attached hydrogen (secondary N) is 1. The molecule has 1 N–H and O–H groups in total. The highest BCUT2D eigenvalue weighted by molar-refractivity contribution is 6.35. The van der Waals surface area contributed by atoms with E-state index in [0.29, 0.717) is 16.6 Å². The van der Waals surface area contributed by atoms with Gasteiger partial charge in [0, 0.05) is 54.0 Å². The fourth-order valence-corrected chi connectivity index (χ4v) is 3.87. The second-order valence-electron chi connectivity index (χ2n) is 6.81. The van der Waals surface area contributed by atoms with E-state index >= 15 is 0 Å². The van der Waals surface area contributed by atoms with Gasteiger partial charge in [-0.3, -0.25) is 14.6 Å². The van der Waals surface area contributed by atoms with Crippen LogP contribution in [-0.4, -0.2) is 48.4 Å². The lowest BCUT2D eigenvalue weighted by Gasteiger charge is -2.34. The van der Waals surface area contributed by atoms with Gasteiger partial charge in [0.1, 0.15) is 0 Å². The first-order chi connectivity index (χ1) is 13.1. The van der Waals surface area contributed by atoms with Crippen molar-refractivity contribution in [1.29, 1.82) is 0 Å². The van der Waals surface area contributed by atoms with Gasteiger partial charge in [0.2, 0.25) is 5.91 Å². The van der Waals surface area contributed by atoms with Crippen LogP contribution in [0.5, 0.6) is 0 Å². The lowest BCUT2D eigenvalue weighted by molar-refractivity contribution is -0.117. The quantitative estimate of drug-likeness (QED) is 0.777. The number of rotatable bonds is 6. The van der Waals surface area contributed by atoms with Crippen molar-refractivity contribution in [3.63, 3.8) is 0 Å². The lowest BCUT2D eigenvalue weighted by atomic mass is 10.1. The molecule has 1 aliphatic rings. The Balaban J connectivity index is 1.48. The largest absolute Gasteiger partial charge is 0.325 e. The number of hydrogen-bond acceptors (Lipinski definition) is 3. The molecule has 0 saturated carbocycles. The molecular weight excluding hydrogens is 381 g/mol. The van der Waals surface area contributed by atoms with E-state index < -0.39 is 0 Å². The molecule has 3 rings (SSSR count). The number of anilines is 1. The molecule has 0 atom stereocenters. The molecule has 1 heterocycles. The minimum absolute atomic E-state index is 0.0403. The molecule has 4 nitrogen and oxygen atoms in total. The number of carbonyl (C=O) groups is 1. The number of nitrogens with zero attached hydrogens (tertiary/aromatic N) is 2. The molecule has 6 heteroatoms. The lowest BCUT2D eigenvalue weighted by Crippen LogP contribution is -2.48. The van der Waals surface area contributed by atoms with Gasteiger partial charge < -0.3 is 5.32 Å². The summed E-state index contributed by atoms with van der Waals surface area (Å²) in [5.41, 5.74) is 3.05. The third kappa shape index (κ3) is 5.45. The summed E-state index contributed by atoms with van der Waals surface area (Å²) in [6, 6.07) is 13.6. The Hall–Kier alpha value is -1.59. The second-order valence-corrected chi connectivity index (χ2v) is 7.63. The van der Waals surface area contributed by atoms with Crippen molar-refractivity contribution in [2.24, 2.45) is 0 Å². The molecule has 1 fully saturated rings. The molecule has 1 saturated heterocycles. The predicted molar refractivity (Wildman–Crippen MR) is 113 cm³/mol. The molecule has 2 aromatic rings. The third-order valence-electron chi connectivity index (χ3n) is 4.95. The molecule has 1 amide bonds. The third-order valence-corrected chi connectivity index (χ3v) is 5.66. The van der Waals surface area contributed by atoms with Crippen molar-refractivity contribution in [3.8, 4) is 0 Å². The molecular formula is C21H25Cl2N3O. The second kappa shape index (κ2) is 9.56. The Morgan fingerprint density at radius 3 is 2.26 bits per heavy atom. The Morgan fingerprint density at radius 2 is 1.59 bits per heavy atom. The van der Waals surface area contributed by atoms with Gasteiger partial charge in [-0.1, -0.05) is 54.4 Å². The maximum atomic E-state index is 12.4. The van der Waals surface area contributed by atoms with Gasteiger partial charge in [-0.25, -0.2) is 0 Å². The van der Waals surface area contributed by atoms with Crippen molar-refractivity contribution in [2.45, 2.75) is 19.9 Å². The van der Waals surface area contributed by atoms with E-state index in [1.54, 1.807) is 0 Å². The van der Waals surface area contributed by atoms with E-state index in [-0.39, 0.29) is 5.91 Å². The first-order valence-electron chi connectivity index (χ1n) is 9.32. The van der Waals surface area contributed by atoms with Crippen LogP contribution >= 0.6 is 23.2 Å². The molecule has 0 unspecified atom stereocenters. The summed E-state index contributed by atoms with van der Waals surface area (Å²) in [5.74, 6) is 0.0403. The van der Waals surface area contributed by atoms with Crippen molar-refractivity contribution in [1.82, 2.24) is 9.80 Å². The van der Waals surface area contributed by atoms with Gasteiger partial charge in [-0.05, 0) is 30.2 Å². The average molecular weight is 406 g/mol. The zero-order chi connectivity index (χ0) is 19.2. The van der Waals surface area contributed by atoms with Crippen molar-refractivity contribution >= 4 is 34.8 Å². The number of para-hydroxylation sites is 1. The maximum Gasteiger partial charge on any atom is 0.238 e. The number of amides is 1. The number of aryl methyl sites for hydroxylation is 1. The predicted octanol–water partition coefficient (Wildman–Crippen LogP) is 4.31. The summed E-state index contributed by atoms with van der Waals surface area (Å²) < 4.78 is 0. The van der Waals surface area contributed by atoms with Crippen LogP contribution in [0.2, 0.25) is 10.0 Å². The number of halogens is 2. The zero-order valence-corrected chi connectivity index (χ0v) is 17.1. The highest BCUT2D eigenvalue weighted by Crippen LogP contribution is 2.26. The smallest absolute Gasteiger partial charge is 0.238 e. The molecule has 0 aliphatic carbocycles. The fourth-order valence-electron chi connectivity index (χ4n) is 3.36. The van der Waals surface area contributed by atoms with Crippen molar-refractivity contribution in [2.75, 3.05) is 38.0 Å². The highest BCUT2D eigenvalue weighted by atomic mass is 35.5. The Labute approximate surface area is 171 Å². The summed E-state index contributed by atoms with van der Waals surface area (Å²) in [6.45, 7) is 6.73. The summed E-state index contributed by atoms with van der Waals surface area (Å²) in [7, 11) is 0. The van der Waals surface area contributed by atoms with Crippen LogP contribution < -0.4 is 5.32 Å². The number of carbonyl (C=O) groups excluding carboxylic acids is 1. The topological polar surface area (TPSA) is 35.6 Å². The minimum Gasteiger partial charge on any atom is -0.325 e. The van der Waals surface area contributed by atoms with Crippen LogP contribution in [0.15, 0.2) is 42.5 Å². The van der Waals surface area contributed by atoms with Gasteiger partial charge in [0.05, 0.1) is 6.54 Å². The van der Waals surface area contributed by atoms with Crippen LogP contribution in [0.4, 0.5) is 5.69 Å². The zero-order valence-electron chi connectivity index (χ0n) is 15.5. The number of piperazine rings is 1. The van der Waals surface area contributed by atoms with E-state index in [2.05, 4.69) is 22.0 Å². The van der Waals surface area contributed by atoms with Gasteiger partial charge in [0.25, 0.3) is 0 Å². The van der Waals surface area contributed by atoms with Gasteiger partial charge in [-0.15, -0.1) is 0 Å². The van der Waals surface area contributed by atoms with Crippen LogP contribution in [0, 0.1) is 0 Å². The summed E-state index contributed by atoms with van der Waals surface area (Å²) in [5, 5.41) is 4.46. The molecule has 0 spiro atoms. The first-order valence-corrected chi connectivity index (χ1v) is 10.1. The van der Waals surface area contributed by atoms with E-state index in [1.165, 1.54) is 0 Å². The average Bonchev–Trinajstić information content (AvgIpc) is 2.66. The van der Waals surface area contributed by atoms with E-state index in [9.17, 15) is 4.79 Å². The van der Waals surface area contributed by atoms with E-state index in [0.717, 1.165) is 56.0 Å². The Kier molecular flexibility index (Phi) is 7.13. The number of benzene rings is 2. The molecule has 0 bridgehead atoms. The normalized spacial score (nSPS) is 15.7.